The molecule has 21 heavy (non-hydrogen) atoms. The summed E-state index contributed by atoms with van der Waals surface area (Å²) in [4.78, 5) is 6.77. The molecule has 0 radical (unpaired) electrons. The second-order valence-electron chi connectivity index (χ2n) is 5.69. The van der Waals surface area contributed by atoms with Gasteiger partial charge in [0, 0.05) is 32.0 Å². The van der Waals surface area contributed by atoms with Crippen molar-refractivity contribution < 1.29 is 9.47 Å². The number of hydrogen-bond donors (Lipinski definition) is 1. The molecule has 1 spiro atoms. The Kier molecular flexibility index (Phi) is 4.21. The van der Waals surface area contributed by atoms with Crippen LogP contribution < -0.4 is 10.2 Å². The van der Waals surface area contributed by atoms with Gasteiger partial charge < -0.3 is 19.7 Å². The van der Waals surface area contributed by atoms with Crippen LogP contribution in [-0.2, 0) is 9.47 Å². The minimum Gasteiger partial charge on any atom is -0.355 e. The van der Waals surface area contributed by atoms with E-state index in [9.17, 15) is 0 Å². The summed E-state index contributed by atoms with van der Waals surface area (Å²) in [6, 6.07) is 0.340. The highest BCUT2D eigenvalue weighted by Crippen LogP contribution is 2.32. The van der Waals surface area contributed by atoms with E-state index in [0.29, 0.717) is 25.2 Å². The molecule has 1 atom stereocenters. The van der Waals surface area contributed by atoms with Crippen molar-refractivity contribution in [1.29, 1.82) is 0 Å². The van der Waals surface area contributed by atoms with Crippen molar-refractivity contribution in [2.45, 2.75) is 44.9 Å². The van der Waals surface area contributed by atoms with Gasteiger partial charge in [-0.25, -0.2) is 0 Å². The third-order valence-corrected chi connectivity index (χ3v) is 4.20. The fourth-order valence-electron chi connectivity index (χ4n) is 2.69. The Bertz CT molecular complexity index is 468. The van der Waals surface area contributed by atoms with Gasteiger partial charge in [0.05, 0.1) is 19.4 Å². The van der Waals surface area contributed by atoms with Crippen LogP contribution in [0.2, 0.25) is 0 Å². The summed E-state index contributed by atoms with van der Waals surface area (Å²) >= 11 is 0. The molecule has 0 aliphatic carbocycles. The highest BCUT2D eigenvalue weighted by molar-refractivity contribution is 5.41. The molecule has 0 bridgehead atoms. The van der Waals surface area contributed by atoms with Crippen molar-refractivity contribution in [2.24, 2.45) is 0 Å². The minimum absolute atomic E-state index is 0.340. The predicted molar refractivity (Wildman–Crippen MR) is 79.3 cm³/mol. The molecule has 7 heteroatoms. The lowest BCUT2D eigenvalue weighted by Gasteiger charge is -2.37. The highest BCUT2D eigenvalue weighted by atomic mass is 16.7. The fraction of sp³-hybridized carbons (Fsp3) is 0.786. The normalized spacial score (nSPS) is 22.5. The van der Waals surface area contributed by atoms with Crippen LogP contribution in [0.4, 0.5) is 11.8 Å². The van der Waals surface area contributed by atoms with E-state index in [4.69, 9.17) is 9.47 Å². The summed E-state index contributed by atoms with van der Waals surface area (Å²) in [7, 11) is 0. The van der Waals surface area contributed by atoms with Gasteiger partial charge in [0.1, 0.15) is 0 Å². The number of piperidine rings is 1. The first-order chi connectivity index (χ1) is 10.2. The van der Waals surface area contributed by atoms with Crippen LogP contribution in [0, 0.1) is 0 Å². The first-order valence-electron chi connectivity index (χ1n) is 7.70. The van der Waals surface area contributed by atoms with Gasteiger partial charge in [-0.3, -0.25) is 0 Å². The Hall–Kier alpha value is -1.47. The molecule has 2 saturated heterocycles. The van der Waals surface area contributed by atoms with E-state index in [1.807, 2.05) is 0 Å². The SMILES string of the molecule is CCC(C)Nc1nncc(N2CCC3(CC2)OCCO3)n1. The summed E-state index contributed by atoms with van der Waals surface area (Å²) in [5.41, 5.74) is 0. The van der Waals surface area contributed by atoms with E-state index >= 15 is 0 Å². The van der Waals surface area contributed by atoms with Crippen molar-refractivity contribution in [2.75, 3.05) is 36.5 Å². The summed E-state index contributed by atoms with van der Waals surface area (Å²) in [5, 5.41) is 11.4. The molecule has 3 heterocycles. The van der Waals surface area contributed by atoms with Crippen LogP contribution in [0.1, 0.15) is 33.1 Å². The third kappa shape index (κ3) is 3.24. The van der Waals surface area contributed by atoms with Gasteiger partial charge in [0.25, 0.3) is 0 Å². The van der Waals surface area contributed by atoms with Crippen LogP contribution in [0.5, 0.6) is 0 Å². The number of anilines is 2. The molecule has 0 amide bonds. The van der Waals surface area contributed by atoms with Crippen molar-refractivity contribution in [1.82, 2.24) is 15.2 Å². The molecule has 0 saturated carbocycles. The zero-order valence-electron chi connectivity index (χ0n) is 12.7. The zero-order chi connectivity index (χ0) is 14.7. The monoisotopic (exact) mass is 293 g/mol. The number of rotatable bonds is 4. The lowest BCUT2D eigenvalue weighted by molar-refractivity contribution is -0.169. The first-order valence-corrected chi connectivity index (χ1v) is 7.70. The minimum atomic E-state index is -0.352. The van der Waals surface area contributed by atoms with Gasteiger partial charge in [0.15, 0.2) is 11.6 Å². The molecule has 1 aromatic rings. The van der Waals surface area contributed by atoms with E-state index in [1.165, 1.54) is 0 Å². The first kappa shape index (κ1) is 14.5. The molecule has 3 rings (SSSR count). The number of aromatic nitrogens is 3. The molecule has 7 nitrogen and oxygen atoms in total. The quantitative estimate of drug-likeness (QED) is 0.900. The summed E-state index contributed by atoms with van der Waals surface area (Å²) in [5.74, 6) is 1.11. The van der Waals surface area contributed by atoms with E-state index in [2.05, 4.69) is 39.2 Å². The smallest absolute Gasteiger partial charge is 0.244 e. The van der Waals surface area contributed by atoms with Crippen LogP contribution in [-0.4, -0.2) is 53.3 Å². The maximum absolute atomic E-state index is 5.75. The standard InChI is InChI=1S/C14H23N5O2/c1-3-11(2)16-13-17-12(10-15-18-13)19-6-4-14(5-7-19)20-8-9-21-14/h10-11H,3-9H2,1-2H3,(H,16,17,18). The van der Waals surface area contributed by atoms with E-state index in [1.54, 1.807) is 6.20 Å². The lowest BCUT2D eigenvalue weighted by Crippen LogP contribution is -2.45. The number of nitrogens with zero attached hydrogens (tertiary/aromatic N) is 4. The Morgan fingerprint density at radius 3 is 2.71 bits per heavy atom. The molecule has 2 fully saturated rings. The van der Waals surface area contributed by atoms with Crippen molar-refractivity contribution in [3.63, 3.8) is 0 Å². The maximum atomic E-state index is 5.75. The number of ether oxygens (including phenoxy) is 2. The fourth-order valence-corrected chi connectivity index (χ4v) is 2.69. The summed E-state index contributed by atoms with van der Waals surface area (Å²) < 4.78 is 11.5. The van der Waals surface area contributed by atoms with E-state index < -0.39 is 0 Å². The van der Waals surface area contributed by atoms with Gasteiger partial charge in [-0.05, 0) is 13.3 Å². The molecule has 1 N–H and O–H groups in total. The summed E-state index contributed by atoms with van der Waals surface area (Å²) in [6.07, 6.45) is 4.47. The zero-order valence-corrected chi connectivity index (χ0v) is 12.7. The van der Waals surface area contributed by atoms with Gasteiger partial charge in [-0.1, -0.05) is 6.92 Å². The van der Waals surface area contributed by atoms with E-state index in [-0.39, 0.29) is 5.79 Å². The Morgan fingerprint density at radius 1 is 1.33 bits per heavy atom. The molecule has 2 aliphatic rings. The molecule has 1 unspecified atom stereocenters. The predicted octanol–water partition coefficient (Wildman–Crippen LogP) is 1.43. The number of nitrogens with one attached hydrogen (secondary N) is 1. The summed E-state index contributed by atoms with van der Waals surface area (Å²) in [6.45, 7) is 7.37. The van der Waals surface area contributed by atoms with Crippen LogP contribution in [0.3, 0.4) is 0 Å². The molecule has 116 valence electrons. The lowest BCUT2D eigenvalue weighted by atomic mass is 10.0. The van der Waals surface area contributed by atoms with Gasteiger partial charge >= 0.3 is 0 Å². The average molecular weight is 293 g/mol. The van der Waals surface area contributed by atoms with Crippen LogP contribution in [0.15, 0.2) is 6.20 Å². The number of hydrogen-bond acceptors (Lipinski definition) is 7. The average Bonchev–Trinajstić information content (AvgIpc) is 2.96. The van der Waals surface area contributed by atoms with Crippen LogP contribution in [0.25, 0.3) is 0 Å². The maximum Gasteiger partial charge on any atom is 0.244 e. The van der Waals surface area contributed by atoms with Gasteiger partial charge in [-0.15, -0.1) is 5.10 Å². The van der Waals surface area contributed by atoms with Crippen LogP contribution >= 0.6 is 0 Å². The van der Waals surface area contributed by atoms with Crippen molar-refractivity contribution in [3.8, 4) is 0 Å². The topological polar surface area (TPSA) is 72.4 Å². The highest BCUT2D eigenvalue weighted by Gasteiger charge is 2.40. The Balaban J connectivity index is 1.63. The Morgan fingerprint density at radius 2 is 2.05 bits per heavy atom. The Labute approximate surface area is 125 Å². The van der Waals surface area contributed by atoms with Crippen molar-refractivity contribution in [3.05, 3.63) is 6.20 Å². The van der Waals surface area contributed by atoms with Crippen molar-refractivity contribution >= 4 is 11.8 Å². The molecular weight excluding hydrogens is 270 g/mol. The molecular formula is C14H23N5O2. The van der Waals surface area contributed by atoms with Gasteiger partial charge in [-0.2, -0.15) is 10.1 Å². The molecule has 0 aromatic carbocycles. The second kappa shape index (κ2) is 6.11. The van der Waals surface area contributed by atoms with E-state index in [0.717, 1.165) is 38.2 Å². The molecule has 1 aromatic heterocycles. The molecule has 2 aliphatic heterocycles. The third-order valence-electron chi connectivity index (χ3n) is 4.20. The van der Waals surface area contributed by atoms with Gasteiger partial charge in [0.2, 0.25) is 5.95 Å². The largest absolute Gasteiger partial charge is 0.355 e. The second-order valence-corrected chi connectivity index (χ2v) is 5.69.